The molecule has 1 saturated heterocycles. The van der Waals surface area contributed by atoms with E-state index in [2.05, 4.69) is 25.4 Å². The monoisotopic (exact) mass is 605 g/mol. The van der Waals surface area contributed by atoms with Crippen molar-refractivity contribution in [2.24, 2.45) is 14.3 Å². The zero-order valence-electron chi connectivity index (χ0n) is 20.9. The van der Waals surface area contributed by atoms with E-state index >= 15 is 0 Å². The molecule has 1 aromatic carbocycles. The van der Waals surface area contributed by atoms with Gasteiger partial charge in [0.15, 0.2) is 5.82 Å². The number of cyclic esters (lactones) is 1. The molecule has 0 bridgehead atoms. The Bertz CT molecular complexity index is 1160. The lowest BCUT2D eigenvalue weighted by Gasteiger charge is -2.36. The predicted octanol–water partition coefficient (Wildman–Crippen LogP) is 3.30. The summed E-state index contributed by atoms with van der Waals surface area (Å²) in [5, 5.41) is 5.47. The van der Waals surface area contributed by atoms with Crippen molar-refractivity contribution in [2.45, 2.75) is 39.7 Å². The van der Waals surface area contributed by atoms with Crippen molar-refractivity contribution in [3.63, 3.8) is 0 Å². The molecule has 192 valence electrons. The first-order valence-electron chi connectivity index (χ1n) is 12.1. The normalized spacial score (nSPS) is 16.8. The molecular formula is C25H32IN7O3. The molecular weight excluding hydrogens is 573 g/mol. The minimum Gasteiger partial charge on any atom is -0.457 e. The van der Waals surface area contributed by atoms with Crippen LogP contribution in [-0.2, 0) is 22.6 Å². The van der Waals surface area contributed by atoms with Crippen molar-refractivity contribution < 1.29 is 14.3 Å². The number of pyridine rings is 1. The second kappa shape index (κ2) is 11.6. The number of benzene rings is 1. The molecule has 1 unspecified atom stereocenters. The lowest BCUT2D eigenvalue weighted by atomic mass is 9.96. The van der Waals surface area contributed by atoms with E-state index in [1.807, 2.05) is 43.0 Å². The molecule has 1 fully saturated rings. The van der Waals surface area contributed by atoms with Crippen LogP contribution in [0.15, 0.2) is 32.8 Å². The number of ether oxygens (including phenoxy) is 1. The zero-order valence-corrected chi connectivity index (χ0v) is 23.1. The van der Waals surface area contributed by atoms with Gasteiger partial charge in [-0.2, -0.15) is 0 Å². The second-order valence-electron chi connectivity index (χ2n) is 9.18. The number of amides is 1. The summed E-state index contributed by atoms with van der Waals surface area (Å²) in [5.74, 6) is 0.214. The smallest absolute Gasteiger partial charge is 0.338 e. The molecule has 2 aliphatic heterocycles. The van der Waals surface area contributed by atoms with Crippen LogP contribution in [0.2, 0.25) is 0 Å². The van der Waals surface area contributed by atoms with Crippen LogP contribution in [0, 0.1) is 13.8 Å². The molecule has 2 N–H and O–H groups in total. The average molecular weight is 605 g/mol. The van der Waals surface area contributed by atoms with Crippen LogP contribution >= 0.6 is 22.9 Å². The lowest BCUT2D eigenvalue weighted by molar-refractivity contribution is -0.134. The first-order valence-corrected chi connectivity index (χ1v) is 13.1. The van der Waals surface area contributed by atoms with Crippen molar-refractivity contribution in [1.29, 1.82) is 0 Å². The summed E-state index contributed by atoms with van der Waals surface area (Å²) >= 11 is 1.79. The van der Waals surface area contributed by atoms with E-state index in [-0.39, 0.29) is 24.5 Å². The van der Waals surface area contributed by atoms with Crippen LogP contribution in [0.25, 0.3) is 0 Å². The van der Waals surface area contributed by atoms with Crippen molar-refractivity contribution in [2.75, 3.05) is 44.4 Å². The Kier molecular flexibility index (Phi) is 8.52. The fraction of sp³-hybridized carbons (Fsp3) is 0.480. The molecule has 3 heterocycles. The van der Waals surface area contributed by atoms with E-state index in [1.54, 1.807) is 22.9 Å². The van der Waals surface area contributed by atoms with Gasteiger partial charge in [-0.25, -0.2) is 14.8 Å². The summed E-state index contributed by atoms with van der Waals surface area (Å²) in [6, 6.07) is 7.68. The molecule has 0 spiro atoms. The fourth-order valence-corrected chi connectivity index (χ4v) is 5.16. The number of anilines is 1. The van der Waals surface area contributed by atoms with Gasteiger partial charge in [0.25, 0.3) is 0 Å². The highest BCUT2D eigenvalue weighted by Gasteiger charge is 2.28. The van der Waals surface area contributed by atoms with Gasteiger partial charge in [-0.1, -0.05) is 20.7 Å². The molecule has 1 atom stereocenters. The number of fused-ring (bicyclic) bond motifs is 1. The molecule has 0 aliphatic carbocycles. The van der Waals surface area contributed by atoms with Crippen molar-refractivity contribution in [3.8, 4) is 0 Å². The largest absolute Gasteiger partial charge is 0.457 e. The quantitative estimate of drug-likeness (QED) is 0.161. The Balaban J connectivity index is 1.31. The van der Waals surface area contributed by atoms with Gasteiger partial charge in [-0.15, -0.1) is 0 Å². The van der Waals surface area contributed by atoms with Crippen LogP contribution in [-0.4, -0.2) is 66.1 Å². The number of hydrogen-bond donors (Lipinski definition) is 1. The second-order valence-corrected chi connectivity index (χ2v) is 9.61. The molecule has 4 rings (SSSR count). The molecule has 1 aromatic heterocycles. The number of nitrogens with two attached hydrogens (primary N) is 1. The minimum atomic E-state index is -0.283. The molecule has 2 aromatic rings. The van der Waals surface area contributed by atoms with Gasteiger partial charge < -0.3 is 15.4 Å². The van der Waals surface area contributed by atoms with E-state index in [9.17, 15) is 9.59 Å². The lowest BCUT2D eigenvalue weighted by Crippen LogP contribution is -2.50. The van der Waals surface area contributed by atoms with Crippen LogP contribution in [0.4, 0.5) is 5.82 Å². The minimum absolute atomic E-state index is 0.120. The highest BCUT2D eigenvalue weighted by molar-refractivity contribution is 14.1. The Morgan fingerprint density at radius 3 is 2.64 bits per heavy atom. The maximum Gasteiger partial charge on any atom is 0.338 e. The molecule has 36 heavy (non-hydrogen) atoms. The van der Waals surface area contributed by atoms with Gasteiger partial charge in [0.1, 0.15) is 29.5 Å². The van der Waals surface area contributed by atoms with Crippen molar-refractivity contribution >= 4 is 40.6 Å². The third-order valence-corrected chi connectivity index (χ3v) is 7.38. The molecule has 0 radical (unpaired) electrons. The average Bonchev–Trinajstić information content (AvgIpc) is 3.27. The number of rotatable bonds is 8. The SMILES string of the molecule is Cc1nc(N(CN)/N=N\I)ccc1C(C)C(=O)N1CCN(CCc2ccc3c(c2C)COC3=O)CC1. The summed E-state index contributed by atoms with van der Waals surface area (Å²) < 4.78 is 8.91. The Morgan fingerprint density at radius 2 is 1.97 bits per heavy atom. The van der Waals surface area contributed by atoms with Crippen LogP contribution in [0.3, 0.4) is 0 Å². The molecule has 2 aliphatic rings. The van der Waals surface area contributed by atoms with Gasteiger partial charge in [0, 0.05) is 44.0 Å². The van der Waals surface area contributed by atoms with Crippen LogP contribution in [0.5, 0.6) is 0 Å². The van der Waals surface area contributed by atoms with Gasteiger partial charge in [-0.05, 0) is 56.0 Å². The molecule has 1 amide bonds. The van der Waals surface area contributed by atoms with Gasteiger partial charge >= 0.3 is 5.97 Å². The van der Waals surface area contributed by atoms with E-state index in [0.717, 1.165) is 48.4 Å². The van der Waals surface area contributed by atoms with Gasteiger partial charge in [0.2, 0.25) is 5.91 Å². The van der Waals surface area contributed by atoms with Crippen LogP contribution < -0.4 is 10.7 Å². The number of nitrogens with zero attached hydrogens (tertiary/aromatic N) is 6. The number of aromatic nitrogens is 1. The summed E-state index contributed by atoms with van der Waals surface area (Å²) in [4.78, 5) is 34.0. The maximum atomic E-state index is 13.3. The fourth-order valence-electron chi connectivity index (χ4n) is 4.92. The Morgan fingerprint density at radius 1 is 1.22 bits per heavy atom. The summed E-state index contributed by atoms with van der Waals surface area (Å²) in [6.07, 6.45) is 0.909. The molecule has 0 saturated carbocycles. The number of esters is 1. The maximum absolute atomic E-state index is 13.3. The number of hydrogen-bond acceptors (Lipinski definition) is 8. The number of carbonyl (C=O) groups is 2. The Labute approximate surface area is 225 Å². The molecule has 11 heteroatoms. The standard InChI is InChI=1S/C25H32IN7O3/c1-16-19(4-5-21-22(16)14-36-25(21)35)8-9-31-10-12-32(13-11-31)24(34)17(2)20-6-7-23(28-18(20)3)33(15-27)30-29-26/h4-7,17H,8-15,27H2,1-3H3/b30-29-. The van der Waals surface area contributed by atoms with Gasteiger partial charge in [0.05, 0.1) is 18.2 Å². The van der Waals surface area contributed by atoms with Crippen LogP contribution in [0.1, 0.15) is 51.1 Å². The van der Waals surface area contributed by atoms with E-state index in [0.29, 0.717) is 31.1 Å². The number of halogens is 1. The molecule has 10 nitrogen and oxygen atoms in total. The van der Waals surface area contributed by atoms with E-state index < -0.39 is 0 Å². The van der Waals surface area contributed by atoms with E-state index in [4.69, 9.17) is 10.5 Å². The summed E-state index contributed by atoms with van der Waals surface area (Å²) in [5.41, 5.74) is 11.5. The predicted molar refractivity (Wildman–Crippen MR) is 145 cm³/mol. The Hall–Kier alpha value is -2.64. The third-order valence-electron chi connectivity index (χ3n) is 7.19. The first-order chi connectivity index (χ1) is 17.3. The highest BCUT2D eigenvalue weighted by atomic mass is 127. The van der Waals surface area contributed by atoms with E-state index in [1.165, 1.54) is 10.6 Å². The number of piperazine rings is 1. The number of aryl methyl sites for hydroxylation is 1. The van der Waals surface area contributed by atoms with Gasteiger partial charge in [-0.3, -0.25) is 9.69 Å². The topological polar surface area (TPSA) is 117 Å². The summed E-state index contributed by atoms with van der Waals surface area (Å²) in [6.45, 7) is 10.5. The van der Waals surface area contributed by atoms with Crippen molar-refractivity contribution in [1.82, 2.24) is 14.8 Å². The van der Waals surface area contributed by atoms with Crippen molar-refractivity contribution in [3.05, 3.63) is 57.8 Å². The zero-order chi connectivity index (χ0) is 25.8. The first kappa shape index (κ1) is 26.4. The number of carbonyl (C=O) groups excluding carboxylic acids is 2. The summed E-state index contributed by atoms with van der Waals surface area (Å²) in [7, 11) is 0. The highest BCUT2D eigenvalue weighted by Crippen LogP contribution is 2.27. The third kappa shape index (κ3) is 5.52.